The van der Waals surface area contributed by atoms with Gasteiger partial charge in [0, 0.05) is 0 Å². The molecule has 0 radical (unpaired) electrons. The molecule has 2 unspecified atom stereocenters. The van der Waals surface area contributed by atoms with Crippen LogP contribution in [0.3, 0.4) is 0 Å². The first-order valence-electron chi connectivity index (χ1n) is 7.35. The third-order valence-electron chi connectivity index (χ3n) is 3.47. The monoisotopic (exact) mass is 302 g/mol. The molecule has 4 nitrogen and oxygen atoms in total. The molecule has 0 saturated carbocycles. The van der Waals surface area contributed by atoms with Crippen LogP contribution in [0.1, 0.15) is 25.0 Å². The molecular formula is C18H22O4. The zero-order valence-electron chi connectivity index (χ0n) is 12.9. The van der Waals surface area contributed by atoms with Gasteiger partial charge in [-0.3, -0.25) is 0 Å². The Balaban J connectivity index is 1.97. The molecule has 118 valence electrons. The number of hydrogen-bond donors (Lipinski definition) is 2. The maximum Gasteiger partial charge on any atom is 0.132 e. The molecule has 0 fully saturated rings. The summed E-state index contributed by atoms with van der Waals surface area (Å²) in [7, 11) is 0. The van der Waals surface area contributed by atoms with Crippen molar-refractivity contribution in [2.45, 2.75) is 39.3 Å². The summed E-state index contributed by atoms with van der Waals surface area (Å²) in [4.78, 5) is 0. The maximum absolute atomic E-state index is 9.15. The Hall–Kier alpha value is -2.04. The largest absolute Gasteiger partial charge is 0.487 e. The van der Waals surface area contributed by atoms with E-state index in [1.165, 1.54) is 0 Å². The van der Waals surface area contributed by atoms with E-state index in [0.717, 1.165) is 11.1 Å². The number of rotatable bonds is 7. The minimum absolute atomic E-state index is 0.00835. The van der Waals surface area contributed by atoms with Gasteiger partial charge in [-0.2, -0.15) is 0 Å². The van der Waals surface area contributed by atoms with Gasteiger partial charge in [0.25, 0.3) is 0 Å². The van der Waals surface area contributed by atoms with Crippen LogP contribution in [0.2, 0.25) is 0 Å². The average molecular weight is 302 g/mol. The molecule has 4 heteroatoms. The van der Waals surface area contributed by atoms with Gasteiger partial charge in [-0.25, -0.2) is 0 Å². The first kappa shape index (κ1) is 16.3. The van der Waals surface area contributed by atoms with Crippen molar-refractivity contribution >= 4 is 0 Å². The lowest BCUT2D eigenvalue weighted by Gasteiger charge is -2.23. The Labute approximate surface area is 130 Å². The lowest BCUT2D eigenvalue weighted by molar-refractivity contribution is 0.0776. The average Bonchev–Trinajstić information content (AvgIpc) is 2.55. The van der Waals surface area contributed by atoms with Crippen LogP contribution in [0.5, 0.6) is 11.5 Å². The van der Waals surface area contributed by atoms with Crippen LogP contribution >= 0.6 is 0 Å². The predicted octanol–water partition coefficient (Wildman–Crippen LogP) is 2.91. The Morgan fingerprint density at radius 3 is 1.55 bits per heavy atom. The third kappa shape index (κ3) is 4.48. The van der Waals surface area contributed by atoms with Crippen LogP contribution in [-0.4, -0.2) is 22.4 Å². The summed E-state index contributed by atoms with van der Waals surface area (Å²) in [5.41, 5.74) is 1.63. The SMILES string of the molecule is CC(Oc1cccc(CO)c1)C(C)Oc1cccc(CO)c1. The van der Waals surface area contributed by atoms with Gasteiger partial charge in [-0.15, -0.1) is 0 Å². The number of ether oxygens (including phenoxy) is 2. The molecule has 0 amide bonds. The summed E-state index contributed by atoms with van der Waals surface area (Å²) < 4.78 is 11.7. The molecule has 2 aromatic rings. The standard InChI is InChI=1S/C18H22O4/c1-13(21-17-7-3-5-15(9-17)11-19)14(2)22-18-8-4-6-16(10-18)12-20/h3-10,13-14,19-20H,11-12H2,1-2H3. The van der Waals surface area contributed by atoms with E-state index in [1.54, 1.807) is 0 Å². The highest BCUT2D eigenvalue weighted by molar-refractivity contribution is 5.29. The fraction of sp³-hybridized carbons (Fsp3) is 0.333. The van der Waals surface area contributed by atoms with Gasteiger partial charge >= 0.3 is 0 Å². The van der Waals surface area contributed by atoms with E-state index in [1.807, 2.05) is 62.4 Å². The van der Waals surface area contributed by atoms with E-state index >= 15 is 0 Å². The van der Waals surface area contributed by atoms with Crippen LogP contribution < -0.4 is 9.47 Å². The van der Waals surface area contributed by atoms with Gasteiger partial charge in [0.2, 0.25) is 0 Å². The normalized spacial score (nSPS) is 13.5. The summed E-state index contributed by atoms with van der Waals surface area (Å²) in [5.74, 6) is 1.41. The molecule has 0 aliphatic carbocycles. The molecule has 22 heavy (non-hydrogen) atoms. The van der Waals surface area contributed by atoms with Crippen molar-refractivity contribution < 1.29 is 19.7 Å². The second-order valence-corrected chi connectivity index (χ2v) is 5.26. The predicted molar refractivity (Wildman–Crippen MR) is 84.9 cm³/mol. The zero-order chi connectivity index (χ0) is 15.9. The van der Waals surface area contributed by atoms with Gasteiger partial charge < -0.3 is 19.7 Å². The lowest BCUT2D eigenvalue weighted by atomic mass is 10.2. The molecule has 0 aliphatic rings. The summed E-state index contributed by atoms with van der Waals surface area (Å²) >= 11 is 0. The molecule has 2 N–H and O–H groups in total. The quantitative estimate of drug-likeness (QED) is 0.825. The Bertz CT molecular complexity index is 544. The molecule has 0 aliphatic heterocycles. The minimum atomic E-state index is -0.160. The van der Waals surface area contributed by atoms with E-state index in [4.69, 9.17) is 19.7 Å². The van der Waals surface area contributed by atoms with E-state index < -0.39 is 0 Å². The maximum atomic E-state index is 9.15. The molecule has 0 heterocycles. The van der Waals surface area contributed by atoms with Crippen molar-refractivity contribution in [3.8, 4) is 11.5 Å². The molecule has 0 aromatic heterocycles. The number of hydrogen-bond acceptors (Lipinski definition) is 4. The van der Waals surface area contributed by atoms with Crippen molar-refractivity contribution in [2.75, 3.05) is 0 Å². The summed E-state index contributed by atoms with van der Waals surface area (Å²) in [6.45, 7) is 3.86. The smallest absolute Gasteiger partial charge is 0.132 e. The van der Waals surface area contributed by atoms with Gasteiger partial charge in [-0.1, -0.05) is 24.3 Å². The highest BCUT2D eigenvalue weighted by atomic mass is 16.5. The molecule has 0 bridgehead atoms. The Morgan fingerprint density at radius 2 is 1.18 bits per heavy atom. The molecule has 0 saturated heterocycles. The van der Waals surface area contributed by atoms with Gasteiger partial charge in [-0.05, 0) is 49.2 Å². The first-order valence-corrected chi connectivity index (χ1v) is 7.35. The Morgan fingerprint density at radius 1 is 0.773 bits per heavy atom. The van der Waals surface area contributed by atoms with Gasteiger partial charge in [0.1, 0.15) is 23.7 Å². The zero-order valence-corrected chi connectivity index (χ0v) is 12.9. The fourth-order valence-corrected chi connectivity index (χ4v) is 2.06. The Kier molecular flexibility index (Phi) is 5.81. The molecular weight excluding hydrogens is 280 g/mol. The van der Waals surface area contributed by atoms with E-state index in [0.29, 0.717) is 11.5 Å². The van der Waals surface area contributed by atoms with Crippen molar-refractivity contribution in [1.29, 1.82) is 0 Å². The topological polar surface area (TPSA) is 58.9 Å². The second-order valence-electron chi connectivity index (χ2n) is 5.26. The van der Waals surface area contributed by atoms with Crippen molar-refractivity contribution in [1.82, 2.24) is 0 Å². The van der Waals surface area contributed by atoms with E-state index in [9.17, 15) is 0 Å². The van der Waals surface area contributed by atoms with Crippen LogP contribution in [0.25, 0.3) is 0 Å². The van der Waals surface area contributed by atoms with Crippen molar-refractivity contribution in [3.05, 3.63) is 59.7 Å². The summed E-state index contributed by atoms with van der Waals surface area (Å²) in [6, 6.07) is 14.7. The first-order chi connectivity index (χ1) is 10.6. The van der Waals surface area contributed by atoms with Crippen molar-refractivity contribution in [3.63, 3.8) is 0 Å². The van der Waals surface area contributed by atoms with Crippen LogP contribution in [0.15, 0.2) is 48.5 Å². The summed E-state index contributed by atoms with van der Waals surface area (Å²) in [5, 5.41) is 18.3. The van der Waals surface area contributed by atoms with Crippen LogP contribution in [-0.2, 0) is 13.2 Å². The van der Waals surface area contributed by atoms with Gasteiger partial charge in [0.05, 0.1) is 13.2 Å². The van der Waals surface area contributed by atoms with Crippen LogP contribution in [0.4, 0.5) is 0 Å². The molecule has 2 aromatic carbocycles. The third-order valence-corrected chi connectivity index (χ3v) is 3.47. The molecule has 0 spiro atoms. The van der Waals surface area contributed by atoms with Crippen molar-refractivity contribution in [2.24, 2.45) is 0 Å². The van der Waals surface area contributed by atoms with E-state index in [-0.39, 0.29) is 25.4 Å². The van der Waals surface area contributed by atoms with Gasteiger partial charge in [0.15, 0.2) is 0 Å². The van der Waals surface area contributed by atoms with E-state index in [2.05, 4.69) is 0 Å². The number of benzene rings is 2. The highest BCUT2D eigenvalue weighted by Gasteiger charge is 2.16. The summed E-state index contributed by atoms with van der Waals surface area (Å²) in [6.07, 6.45) is -0.321. The molecule has 2 rings (SSSR count). The second kappa shape index (κ2) is 7.82. The molecule has 2 atom stereocenters. The van der Waals surface area contributed by atoms with Crippen LogP contribution in [0, 0.1) is 0 Å². The minimum Gasteiger partial charge on any atom is -0.487 e. The highest BCUT2D eigenvalue weighted by Crippen LogP contribution is 2.19. The fourth-order valence-electron chi connectivity index (χ4n) is 2.06. The number of aliphatic hydroxyl groups is 2. The lowest BCUT2D eigenvalue weighted by Crippen LogP contribution is -2.31. The number of aliphatic hydroxyl groups excluding tert-OH is 2.